The lowest BCUT2D eigenvalue weighted by molar-refractivity contribution is -0.140. The third-order valence-corrected chi connectivity index (χ3v) is 3.47. The second-order valence-corrected chi connectivity index (χ2v) is 6.11. The van der Waals surface area contributed by atoms with Crippen LogP contribution in [0.5, 0.6) is 0 Å². The number of esters is 1. The van der Waals surface area contributed by atoms with Gasteiger partial charge in [-0.15, -0.1) is 0 Å². The number of aliphatic hydroxyl groups excluding tert-OH is 1. The average Bonchev–Trinajstić information content (AvgIpc) is 2.42. The monoisotopic (exact) mass is 316 g/mol. The van der Waals surface area contributed by atoms with Crippen LogP contribution in [-0.2, 0) is 9.53 Å². The first-order chi connectivity index (χ1) is 10.1. The molecule has 0 rings (SSSR count). The van der Waals surface area contributed by atoms with Crippen LogP contribution in [0.2, 0.25) is 0 Å². The van der Waals surface area contributed by atoms with E-state index in [1.807, 2.05) is 13.0 Å². The summed E-state index contributed by atoms with van der Waals surface area (Å²) < 4.78 is 18.2. The predicted octanol–water partition coefficient (Wildman–Crippen LogP) is 3.43. The minimum atomic E-state index is -1.11. The third-order valence-electron chi connectivity index (χ3n) is 3.47. The molecule has 5 heteroatoms. The Labute approximate surface area is 132 Å². The Hall–Kier alpha value is -1.20. The van der Waals surface area contributed by atoms with Crippen LogP contribution >= 0.6 is 0 Å². The topological polar surface area (TPSA) is 66.8 Å². The van der Waals surface area contributed by atoms with E-state index in [1.165, 1.54) is 0 Å². The Balaban J connectivity index is 4.32. The summed E-state index contributed by atoms with van der Waals surface area (Å²) in [6, 6.07) is 0. The van der Waals surface area contributed by atoms with E-state index in [0.717, 1.165) is 5.57 Å². The first-order valence-corrected chi connectivity index (χ1v) is 7.68. The Morgan fingerprint density at radius 1 is 1.32 bits per heavy atom. The zero-order chi connectivity index (χ0) is 17.3. The molecule has 0 fully saturated rings. The van der Waals surface area contributed by atoms with Gasteiger partial charge in [-0.2, -0.15) is 4.39 Å². The van der Waals surface area contributed by atoms with Crippen molar-refractivity contribution in [3.63, 3.8) is 0 Å². The van der Waals surface area contributed by atoms with Crippen molar-refractivity contribution >= 4 is 5.97 Å². The zero-order valence-corrected chi connectivity index (χ0v) is 14.3. The minimum absolute atomic E-state index is 0.155. The Bertz CT molecular complexity index is 419. The van der Waals surface area contributed by atoms with E-state index < -0.39 is 23.5 Å². The number of hydrogen-bond acceptors (Lipinski definition) is 4. The largest absolute Gasteiger partial charge is 0.461 e. The van der Waals surface area contributed by atoms with Crippen LogP contribution in [0.3, 0.4) is 0 Å². The van der Waals surface area contributed by atoms with Crippen molar-refractivity contribution in [2.75, 3.05) is 6.61 Å². The summed E-state index contributed by atoms with van der Waals surface area (Å²) in [5.41, 5.74) is 0.328. The fourth-order valence-corrected chi connectivity index (χ4v) is 1.83. The summed E-state index contributed by atoms with van der Waals surface area (Å²) in [7, 11) is 0. The number of aliphatic hydroxyl groups is 2. The second-order valence-electron chi connectivity index (χ2n) is 6.11. The molecule has 22 heavy (non-hydrogen) atoms. The molecule has 4 nitrogen and oxygen atoms in total. The second kappa shape index (κ2) is 9.74. The molecule has 0 saturated heterocycles. The molecule has 0 unspecified atom stereocenters. The first-order valence-electron chi connectivity index (χ1n) is 7.68. The van der Waals surface area contributed by atoms with Crippen molar-refractivity contribution in [2.45, 2.75) is 72.0 Å². The highest BCUT2D eigenvalue weighted by molar-refractivity contribution is 5.86. The highest BCUT2D eigenvalue weighted by Crippen LogP contribution is 2.18. The maximum Gasteiger partial charge on any atom is 0.367 e. The number of hydrogen-bond donors (Lipinski definition) is 2. The van der Waals surface area contributed by atoms with Crippen LogP contribution in [0.15, 0.2) is 23.0 Å². The van der Waals surface area contributed by atoms with Crippen molar-refractivity contribution in [3.05, 3.63) is 23.0 Å². The lowest BCUT2D eigenvalue weighted by Gasteiger charge is -2.24. The number of carbonyl (C=O) groups is 1. The van der Waals surface area contributed by atoms with Gasteiger partial charge in [-0.05, 0) is 65.9 Å². The van der Waals surface area contributed by atoms with Gasteiger partial charge in [0.2, 0.25) is 5.83 Å². The standard InChI is InChI=1S/C17H29FO4/c1-6-22-16(20)15(18)13(3)9-7-8-12(2)10-11-14(19)17(4,5)21/h8,14,19,21H,6-7,9-11H2,1-5H3/b12-8+,15-13+/t14-/m1/s1. The van der Waals surface area contributed by atoms with Crippen molar-refractivity contribution in [2.24, 2.45) is 0 Å². The molecule has 0 aliphatic rings. The van der Waals surface area contributed by atoms with E-state index in [2.05, 4.69) is 4.74 Å². The smallest absolute Gasteiger partial charge is 0.367 e. The summed E-state index contributed by atoms with van der Waals surface area (Å²) in [5.74, 6) is -1.72. The molecule has 1 atom stereocenters. The van der Waals surface area contributed by atoms with E-state index in [9.17, 15) is 19.4 Å². The highest BCUT2D eigenvalue weighted by Gasteiger charge is 2.23. The third kappa shape index (κ3) is 8.29. The van der Waals surface area contributed by atoms with E-state index in [4.69, 9.17) is 0 Å². The molecule has 0 aliphatic heterocycles. The lowest BCUT2D eigenvalue weighted by atomic mass is 9.95. The summed E-state index contributed by atoms with van der Waals surface area (Å²) >= 11 is 0. The predicted molar refractivity (Wildman–Crippen MR) is 85.0 cm³/mol. The molecule has 0 spiro atoms. The average molecular weight is 316 g/mol. The minimum Gasteiger partial charge on any atom is -0.461 e. The molecular formula is C17H29FO4. The molecule has 2 N–H and O–H groups in total. The number of rotatable bonds is 9. The van der Waals surface area contributed by atoms with Gasteiger partial charge < -0.3 is 14.9 Å². The van der Waals surface area contributed by atoms with Gasteiger partial charge in [-0.3, -0.25) is 0 Å². The number of ether oxygens (including phenoxy) is 1. The quantitative estimate of drug-likeness (QED) is 0.388. The molecule has 0 saturated carbocycles. The van der Waals surface area contributed by atoms with Gasteiger partial charge in [0, 0.05) is 0 Å². The number of carbonyl (C=O) groups excluding carboxylic acids is 1. The van der Waals surface area contributed by atoms with Gasteiger partial charge in [0.05, 0.1) is 18.3 Å². The maximum atomic E-state index is 13.6. The normalized spacial score (nSPS) is 15.4. The Kier molecular flexibility index (Phi) is 9.21. The van der Waals surface area contributed by atoms with Crippen LogP contribution in [-0.4, -0.2) is 34.5 Å². The highest BCUT2D eigenvalue weighted by atomic mass is 19.1. The van der Waals surface area contributed by atoms with Crippen molar-refractivity contribution in [3.8, 4) is 0 Å². The first kappa shape index (κ1) is 20.8. The molecule has 0 aliphatic carbocycles. The van der Waals surface area contributed by atoms with Crippen LogP contribution in [0, 0.1) is 0 Å². The van der Waals surface area contributed by atoms with E-state index in [1.54, 1.807) is 27.7 Å². The molecule has 0 aromatic heterocycles. The Morgan fingerprint density at radius 2 is 1.91 bits per heavy atom. The molecule has 0 heterocycles. The Morgan fingerprint density at radius 3 is 2.41 bits per heavy atom. The van der Waals surface area contributed by atoms with Gasteiger partial charge in [0.1, 0.15) is 0 Å². The fourth-order valence-electron chi connectivity index (χ4n) is 1.83. The van der Waals surface area contributed by atoms with Crippen molar-refractivity contribution in [1.29, 1.82) is 0 Å². The zero-order valence-electron chi connectivity index (χ0n) is 14.3. The SMILES string of the molecule is CCOC(=O)/C(F)=C(/C)CC/C=C(\C)CC[C@@H](O)C(C)(C)O. The van der Waals surface area contributed by atoms with Crippen molar-refractivity contribution < 1.29 is 24.1 Å². The summed E-state index contributed by atoms with van der Waals surface area (Å²) in [6.45, 7) is 8.44. The number of allylic oxidation sites excluding steroid dienone is 3. The van der Waals surface area contributed by atoms with Crippen molar-refractivity contribution in [1.82, 2.24) is 0 Å². The van der Waals surface area contributed by atoms with E-state index in [0.29, 0.717) is 31.3 Å². The maximum absolute atomic E-state index is 13.6. The molecule has 0 amide bonds. The number of halogens is 1. The molecular weight excluding hydrogens is 287 g/mol. The van der Waals surface area contributed by atoms with Gasteiger partial charge in [0.15, 0.2) is 0 Å². The van der Waals surface area contributed by atoms with Gasteiger partial charge >= 0.3 is 5.97 Å². The fraction of sp³-hybridized carbons (Fsp3) is 0.706. The molecule has 0 aromatic rings. The van der Waals surface area contributed by atoms with E-state index >= 15 is 0 Å². The molecule has 128 valence electrons. The van der Waals surface area contributed by atoms with Gasteiger partial charge in [-0.1, -0.05) is 11.6 Å². The lowest BCUT2D eigenvalue weighted by Crippen LogP contribution is -2.35. The van der Waals surface area contributed by atoms with Gasteiger partial charge in [-0.25, -0.2) is 4.79 Å². The van der Waals surface area contributed by atoms with Crippen LogP contribution in [0.1, 0.15) is 60.3 Å². The molecule has 0 bridgehead atoms. The molecule has 0 radical (unpaired) electrons. The van der Waals surface area contributed by atoms with Crippen LogP contribution < -0.4 is 0 Å². The summed E-state index contributed by atoms with van der Waals surface area (Å²) in [4.78, 5) is 11.2. The summed E-state index contributed by atoms with van der Waals surface area (Å²) in [5, 5.41) is 19.4. The van der Waals surface area contributed by atoms with Crippen LogP contribution in [0.4, 0.5) is 4.39 Å². The summed E-state index contributed by atoms with van der Waals surface area (Å²) in [6.07, 6.45) is 3.36. The molecule has 0 aromatic carbocycles. The van der Waals surface area contributed by atoms with Gasteiger partial charge in [0.25, 0.3) is 0 Å². The van der Waals surface area contributed by atoms with E-state index in [-0.39, 0.29) is 6.61 Å². The van der Waals surface area contributed by atoms with Crippen LogP contribution in [0.25, 0.3) is 0 Å².